The molecule has 1 aliphatic carbocycles. The van der Waals surface area contributed by atoms with Gasteiger partial charge in [0.15, 0.2) is 5.78 Å². The summed E-state index contributed by atoms with van der Waals surface area (Å²) >= 11 is 0. The lowest BCUT2D eigenvalue weighted by atomic mass is 10.0. The molecule has 4 aromatic heterocycles. The van der Waals surface area contributed by atoms with E-state index in [2.05, 4.69) is 25.6 Å². The Morgan fingerprint density at radius 1 is 1.07 bits per heavy atom. The molecule has 1 saturated carbocycles. The van der Waals surface area contributed by atoms with Crippen LogP contribution in [-0.2, 0) is 0 Å². The largest absolute Gasteiger partial charge is 0.490 e. The Kier molecular flexibility index (Phi) is 8.41. The molecule has 0 aliphatic heterocycles. The van der Waals surface area contributed by atoms with Crippen molar-refractivity contribution in [2.24, 2.45) is 0 Å². The summed E-state index contributed by atoms with van der Waals surface area (Å²) in [5, 5.41) is 6.38. The average Bonchev–Trinajstić information content (AvgIpc) is 3.52. The van der Waals surface area contributed by atoms with Gasteiger partial charge in [0.1, 0.15) is 29.6 Å². The quantitative estimate of drug-likeness (QED) is 0.270. The van der Waals surface area contributed by atoms with Gasteiger partial charge in [0.2, 0.25) is 5.95 Å². The molecule has 0 saturated heterocycles. The van der Waals surface area contributed by atoms with Crippen LogP contribution in [0.15, 0.2) is 47.7 Å². The normalized spacial score (nSPS) is 13.2. The highest BCUT2D eigenvalue weighted by molar-refractivity contribution is 5.99. The molecule has 42 heavy (non-hydrogen) atoms. The molecule has 0 aromatic carbocycles. The van der Waals surface area contributed by atoms with Crippen LogP contribution in [0, 0.1) is 6.92 Å². The molecule has 0 spiro atoms. The lowest BCUT2D eigenvalue weighted by Gasteiger charge is -2.19. The Morgan fingerprint density at radius 2 is 1.86 bits per heavy atom. The smallest absolute Gasteiger partial charge is 0.263 e. The fourth-order valence-electron chi connectivity index (χ4n) is 5.27. The molecule has 1 aliphatic rings. The van der Waals surface area contributed by atoms with Crippen LogP contribution in [0.1, 0.15) is 64.9 Å². The predicted molar refractivity (Wildman–Crippen MR) is 160 cm³/mol. The first kappa shape index (κ1) is 28.7. The Morgan fingerprint density at radius 3 is 2.50 bits per heavy atom. The number of pyridine rings is 3. The van der Waals surface area contributed by atoms with Crippen LogP contribution < -0.4 is 25.8 Å². The molecule has 1 amide bonds. The van der Waals surface area contributed by atoms with E-state index in [1.54, 1.807) is 61.4 Å². The molecule has 12 heteroatoms. The summed E-state index contributed by atoms with van der Waals surface area (Å²) in [6.45, 7) is 4.17. The van der Waals surface area contributed by atoms with Gasteiger partial charge >= 0.3 is 0 Å². The first-order valence-electron chi connectivity index (χ1n) is 13.9. The number of hydrogen-bond donors (Lipinski definition) is 2. The van der Waals surface area contributed by atoms with Crippen LogP contribution in [0.3, 0.4) is 0 Å². The second-order valence-electron chi connectivity index (χ2n) is 10.4. The van der Waals surface area contributed by atoms with Gasteiger partial charge in [-0.15, -0.1) is 0 Å². The number of aromatic nitrogens is 5. The number of ether oxygens (including phenoxy) is 1. The highest BCUT2D eigenvalue weighted by Gasteiger charge is 2.25. The van der Waals surface area contributed by atoms with Crippen molar-refractivity contribution in [3.05, 3.63) is 69.9 Å². The number of fused-ring (bicyclic) bond motifs is 1. The summed E-state index contributed by atoms with van der Waals surface area (Å²) in [6, 6.07) is 7.08. The van der Waals surface area contributed by atoms with Crippen molar-refractivity contribution in [3.8, 4) is 5.75 Å². The second kappa shape index (κ2) is 12.3. The summed E-state index contributed by atoms with van der Waals surface area (Å²) in [7, 11) is 3.48. The highest BCUT2D eigenvalue weighted by atomic mass is 16.5. The van der Waals surface area contributed by atoms with Gasteiger partial charge in [-0.1, -0.05) is 12.8 Å². The zero-order valence-corrected chi connectivity index (χ0v) is 24.2. The topological polar surface area (TPSA) is 144 Å². The number of amides is 1. The minimum Gasteiger partial charge on any atom is -0.490 e. The zero-order chi connectivity index (χ0) is 29.8. The Bertz CT molecular complexity index is 1660. The number of rotatable bonds is 10. The van der Waals surface area contributed by atoms with Crippen molar-refractivity contribution in [2.45, 2.75) is 45.6 Å². The summed E-state index contributed by atoms with van der Waals surface area (Å²) in [5.74, 6) is 1.72. The molecule has 0 bridgehead atoms. The van der Waals surface area contributed by atoms with E-state index in [0.29, 0.717) is 52.8 Å². The third kappa shape index (κ3) is 5.92. The van der Waals surface area contributed by atoms with Gasteiger partial charge in [0.25, 0.3) is 11.5 Å². The van der Waals surface area contributed by atoms with Crippen LogP contribution in [0.5, 0.6) is 5.75 Å². The van der Waals surface area contributed by atoms with Crippen LogP contribution in [0.2, 0.25) is 0 Å². The molecule has 0 unspecified atom stereocenters. The lowest BCUT2D eigenvalue weighted by Crippen LogP contribution is -2.30. The number of ketones is 1. The van der Waals surface area contributed by atoms with Gasteiger partial charge in [-0.3, -0.25) is 19.0 Å². The van der Waals surface area contributed by atoms with Crippen LogP contribution >= 0.6 is 0 Å². The maximum atomic E-state index is 13.4. The van der Waals surface area contributed by atoms with Crippen molar-refractivity contribution < 1.29 is 14.3 Å². The number of carbonyl (C=O) groups excluding carboxylic acids is 2. The number of likely N-dealkylation sites (N-methyl/N-ethyl adjacent to an activating group) is 1. The molecule has 12 nitrogen and oxygen atoms in total. The summed E-state index contributed by atoms with van der Waals surface area (Å²) in [5.41, 5.74) is 1.54. The standard InChI is InChI=1S/C30H34N8O4/c1-18-23-17-34-30(36-27(23)38(21-7-5-6-8-21)29(41)26(18)19(2)39)35-24-11-10-22(16-32-24)42-14-13-37(4)25-12-9-20(15-33-25)28(40)31-3/h9-12,15-17,21H,5-8,13-14H2,1-4H3,(H,31,40)(H,32,34,35,36). The van der Waals surface area contributed by atoms with E-state index in [-0.39, 0.29) is 28.9 Å². The number of anilines is 3. The number of aryl methyl sites for hydroxylation is 1. The third-order valence-electron chi connectivity index (χ3n) is 7.55. The van der Waals surface area contributed by atoms with Gasteiger partial charge in [0.05, 0.1) is 23.9 Å². The first-order valence-corrected chi connectivity index (χ1v) is 13.9. The molecule has 2 N–H and O–H groups in total. The Hall–Kier alpha value is -4.87. The third-order valence-corrected chi connectivity index (χ3v) is 7.55. The first-order chi connectivity index (χ1) is 20.3. The van der Waals surface area contributed by atoms with E-state index in [0.717, 1.165) is 31.5 Å². The van der Waals surface area contributed by atoms with E-state index in [1.807, 2.05) is 11.9 Å². The number of nitrogens with one attached hydrogen (secondary N) is 2. The van der Waals surface area contributed by atoms with Crippen LogP contribution in [-0.4, -0.2) is 63.4 Å². The van der Waals surface area contributed by atoms with E-state index in [4.69, 9.17) is 9.72 Å². The fourth-order valence-corrected chi connectivity index (χ4v) is 5.27. The molecule has 0 radical (unpaired) electrons. The van der Waals surface area contributed by atoms with Crippen molar-refractivity contribution in [1.82, 2.24) is 29.8 Å². The summed E-state index contributed by atoms with van der Waals surface area (Å²) in [4.78, 5) is 57.3. The van der Waals surface area contributed by atoms with E-state index in [1.165, 1.54) is 6.92 Å². The minimum atomic E-state index is -0.286. The number of carbonyl (C=O) groups is 2. The zero-order valence-electron chi connectivity index (χ0n) is 24.2. The molecule has 5 rings (SSSR count). The molecule has 0 atom stereocenters. The van der Waals surface area contributed by atoms with Crippen molar-refractivity contribution in [1.29, 1.82) is 0 Å². The molecule has 1 fully saturated rings. The second-order valence-corrected chi connectivity index (χ2v) is 10.4. The Balaban J connectivity index is 1.26. The Labute approximate surface area is 243 Å². The van der Waals surface area contributed by atoms with Crippen LogP contribution in [0.25, 0.3) is 11.0 Å². The van der Waals surface area contributed by atoms with E-state index >= 15 is 0 Å². The van der Waals surface area contributed by atoms with E-state index in [9.17, 15) is 14.4 Å². The van der Waals surface area contributed by atoms with Gasteiger partial charge < -0.3 is 20.3 Å². The summed E-state index contributed by atoms with van der Waals surface area (Å²) < 4.78 is 7.54. The maximum absolute atomic E-state index is 13.4. The molecular formula is C30H34N8O4. The number of nitrogens with zero attached hydrogens (tertiary/aromatic N) is 6. The average molecular weight is 571 g/mol. The van der Waals surface area contributed by atoms with Crippen molar-refractivity contribution in [2.75, 3.05) is 37.5 Å². The summed E-state index contributed by atoms with van der Waals surface area (Å²) in [6.07, 6.45) is 8.64. The maximum Gasteiger partial charge on any atom is 0.263 e. The molecule has 4 heterocycles. The SMILES string of the molecule is CNC(=O)c1ccc(N(C)CCOc2ccc(Nc3ncc4c(C)c(C(C)=O)c(=O)n(C5CCCC5)c4n3)nc2)nc1. The molecule has 4 aromatic rings. The molecular weight excluding hydrogens is 536 g/mol. The van der Waals surface area contributed by atoms with Gasteiger partial charge in [-0.2, -0.15) is 4.98 Å². The predicted octanol–water partition coefficient (Wildman–Crippen LogP) is 3.83. The van der Waals surface area contributed by atoms with Gasteiger partial charge in [-0.05, 0) is 56.5 Å². The molecule has 218 valence electrons. The number of Topliss-reactive ketones (excluding diaryl/α,β-unsaturated/α-hetero) is 1. The van der Waals surface area contributed by atoms with Crippen molar-refractivity contribution in [3.63, 3.8) is 0 Å². The van der Waals surface area contributed by atoms with Gasteiger partial charge in [-0.25, -0.2) is 15.0 Å². The van der Waals surface area contributed by atoms with Crippen LogP contribution in [0.4, 0.5) is 17.6 Å². The fraction of sp³-hybridized carbons (Fsp3) is 0.367. The lowest BCUT2D eigenvalue weighted by molar-refractivity contribution is 0.0961. The van der Waals surface area contributed by atoms with Gasteiger partial charge in [0, 0.05) is 37.9 Å². The minimum absolute atomic E-state index is 0.00718. The van der Waals surface area contributed by atoms with Crippen molar-refractivity contribution >= 4 is 40.3 Å². The van der Waals surface area contributed by atoms with E-state index < -0.39 is 0 Å². The number of hydrogen-bond acceptors (Lipinski definition) is 10. The monoisotopic (exact) mass is 570 g/mol. The highest BCUT2D eigenvalue weighted by Crippen LogP contribution is 2.32.